The summed E-state index contributed by atoms with van der Waals surface area (Å²) in [6.07, 6.45) is 0. The van der Waals surface area contributed by atoms with E-state index in [0.717, 1.165) is 5.92 Å². The number of hydrogen-bond donors (Lipinski definition) is 0. The van der Waals surface area contributed by atoms with E-state index in [0.29, 0.717) is 0 Å². The molecule has 0 saturated carbocycles. The Kier molecular flexibility index (Phi) is 9.87. The van der Waals surface area contributed by atoms with Gasteiger partial charge < -0.3 is 4.23 Å². The van der Waals surface area contributed by atoms with Crippen molar-refractivity contribution in [2.24, 2.45) is 5.92 Å². The molecule has 0 heterocycles. The number of hydrogen-bond acceptors (Lipinski definition) is 1. The summed E-state index contributed by atoms with van der Waals surface area (Å²) in [5.74, 6) is 0.809. The van der Waals surface area contributed by atoms with E-state index >= 15 is 0 Å². The molecule has 66 valence electrons. The molecule has 0 amide bonds. The summed E-state index contributed by atoms with van der Waals surface area (Å²) < 4.78 is 2.15. The highest BCUT2D eigenvalue weighted by Crippen LogP contribution is 2.21. The molecule has 7 heteroatoms. The lowest BCUT2D eigenvalue weighted by molar-refractivity contribution is 0.532. The fourth-order valence-corrected chi connectivity index (χ4v) is 29.7. The maximum absolute atomic E-state index is 2.68. The molecule has 0 bridgehead atoms. The van der Waals surface area contributed by atoms with Crippen LogP contribution in [-0.4, -0.2) is 18.7 Å². The molecule has 0 aliphatic heterocycles. The van der Waals surface area contributed by atoms with Crippen molar-refractivity contribution in [2.45, 2.75) is 13.8 Å². The lowest BCUT2D eigenvalue weighted by atomic mass is 10.2. The molecule has 0 fully saturated rings. The van der Waals surface area contributed by atoms with Gasteiger partial charge >= 0.3 is 0 Å². The lowest BCUT2D eigenvalue weighted by Crippen LogP contribution is -2.39. The first-order valence-electron chi connectivity index (χ1n) is 3.08. The molecule has 2 radical (unpaired) electrons. The minimum atomic E-state index is -0.264. The average molecular weight is 635 g/mol. The zero-order chi connectivity index (χ0) is 9.02. The fraction of sp³-hybridized carbons (Fsp3) is 1.00. The summed E-state index contributed by atoms with van der Waals surface area (Å²) in [6.45, 7) is 5.87. The highest BCUT2D eigenvalue weighted by molar-refractivity contribution is 14.3. The quantitative estimate of drug-likeness (QED) is 0.260. The van der Waals surface area contributed by atoms with Gasteiger partial charge in [-0.3, -0.25) is 0 Å². The molecule has 0 aliphatic carbocycles. The molecule has 0 spiro atoms. The van der Waals surface area contributed by atoms with Gasteiger partial charge in [0.25, 0.3) is 7.90 Å². The summed E-state index contributed by atoms with van der Waals surface area (Å²) in [7, 11) is 0. The smallest absolute Gasteiger partial charge is 0.283 e. The van der Waals surface area contributed by atoms with Gasteiger partial charge in [0.15, 0.2) is 0 Å². The van der Waals surface area contributed by atoms with Crippen molar-refractivity contribution >= 4 is 95.1 Å². The second-order valence-corrected chi connectivity index (χ2v) is 29.6. The third kappa shape index (κ3) is 7.27. The van der Waals surface area contributed by atoms with Gasteiger partial charge in [-0.2, -0.15) is 0 Å². The van der Waals surface area contributed by atoms with Crippen molar-refractivity contribution in [3.8, 4) is 0 Å². The predicted octanol–water partition coefficient (Wildman–Crippen LogP) is 3.65. The first kappa shape index (κ1) is 14.3. The zero-order valence-electron chi connectivity index (χ0n) is 6.24. The van der Waals surface area contributed by atoms with Gasteiger partial charge in [-0.05, 0) is 12.5 Å². The molecule has 0 aromatic rings. The standard InChI is InChI=1S/C4H9I4NSi2/c1-4(2)3-9(10(5)6)11(7)8/h4H,3H2,1-2H3. The van der Waals surface area contributed by atoms with Crippen molar-refractivity contribution in [1.29, 1.82) is 0 Å². The summed E-state index contributed by atoms with van der Waals surface area (Å²) in [5, 5.41) is 0. The second-order valence-electron chi connectivity index (χ2n) is 2.49. The van der Waals surface area contributed by atoms with Crippen LogP contribution >= 0.6 is 87.2 Å². The Morgan fingerprint density at radius 3 is 1.55 bits per heavy atom. The normalized spacial score (nSPS) is 12.5. The Bertz CT molecular complexity index is 102. The fourth-order valence-electron chi connectivity index (χ4n) is 0.567. The SMILES string of the molecule is CC(C)CN([Si](I)I)[Si](I)I. The highest BCUT2D eigenvalue weighted by Gasteiger charge is 2.23. The van der Waals surface area contributed by atoms with Crippen LogP contribution in [0, 0.1) is 5.92 Å². The molecule has 0 aromatic heterocycles. The monoisotopic (exact) mass is 635 g/mol. The van der Waals surface area contributed by atoms with Crippen LogP contribution < -0.4 is 0 Å². The topological polar surface area (TPSA) is 3.24 Å². The van der Waals surface area contributed by atoms with Gasteiger partial charge in [0.05, 0.1) is 0 Å². The third-order valence-electron chi connectivity index (χ3n) is 0.956. The summed E-state index contributed by atoms with van der Waals surface area (Å²) >= 11 is 10.3. The lowest BCUT2D eigenvalue weighted by Gasteiger charge is -2.24. The highest BCUT2D eigenvalue weighted by atomic mass is 127. The molecule has 0 aliphatic rings. The maximum atomic E-state index is 2.68. The van der Waals surface area contributed by atoms with E-state index in [4.69, 9.17) is 0 Å². The summed E-state index contributed by atoms with van der Waals surface area (Å²) in [4.78, 5) is 0. The van der Waals surface area contributed by atoms with E-state index in [2.05, 4.69) is 105 Å². The van der Waals surface area contributed by atoms with Gasteiger partial charge in [-0.15, -0.1) is 0 Å². The van der Waals surface area contributed by atoms with Crippen LogP contribution in [0.5, 0.6) is 0 Å². The van der Waals surface area contributed by atoms with Crippen LogP contribution in [0.15, 0.2) is 0 Å². The van der Waals surface area contributed by atoms with Crippen LogP contribution in [0.4, 0.5) is 0 Å². The van der Waals surface area contributed by atoms with Crippen molar-refractivity contribution in [3.63, 3.8) is 0 Å². The van der Waals surface area contributed by atoms with Gasteiger partial charge in [0.1, 0.15) is 0 Å². The van der Waals surface area contributed by atoms with Crippen molar-refractivity contribution in [3.05, 3.63) is 0 Å². The maximum Gasteiger partial charge on any atom is 0.283 e. The molecule has 0 N–H and O–H groups in total. The number of rotatable bonds is 4. The van der Waals surface area contributed by atoms with Crippen LogP contribution in [0.3, 0.4) is 0 Å². The van der Waals surface area contributed by atoms with Crippen LogP contribution in [0.2, 0.25) is 0 Å². The summed E-state index contributed by atoms with van der Waals surface area (Å²) in [5.41, 5.74) is 0. The largest absolute Gasteiger partial charge is 0.314 e. The van der Waals surface area contributed by atoms with E-state index in [1.807, 2.05) is 0 Å². The van der Waals surface area contributed by atoms with Gasteiger partial charge in [-0.1, -0.05) is 101 Å². The molecular formula is C4H9I4NSi2. The molecule has 0 aromatic carbocycles. The Labute approximate surface area is 123 Å². The Morgan fingerprint density at radius 1 is 1.09 bits per heavy atom. The molecule has 0 unspecified atom stereocenters. The molecule has 11 heavy (non-hydrogen) atoms. The van der Waals surface area contributed by atoms with Gasteiger partial charge in [-0.25, -0.2) is 0 Å². The summed E-state index contributed by atoms with van der Waals surface area (Å²) in [6, 6.07) is 0. The Hall–Kier alpha value is 3.31. The Morgan fingerprint density at radius 2 is 1.45 bits per heavy atom. The number of halogens is 4. The van der Waals surface area contributed by atoms with Crippen molar-refractivity contribution in [2.75, 3.05) is 6.54 Å². The molecular weight excluding hydrogens is 626 g/mol. The van der Waals surface area contributed by atoms with Crippen LogP contribution in [-0.2, 0) is 0 Å². The molecule has 0 atom stereocenters. The minimum Gasteiger partial charge on any atom is -0.314 e. The van der Waals surface area contributed by atoms with Gasteiger partial charge in [0.2, 0.25) is 0 Å². The van der Waals surface area contributed by atoms with Crippen LogP contribution in [0.25, 0.3) is 0 Å². The third-order valence-corrected chi connectivity index (χ3v) is 15.9. The first-order chi connectivity index (χ1) is 4.95. The van der Waals surface area contributed by atoms with E-state index in [-0.39, 0.29) is 7.90 Å². The molecule has 1 nitrogen and oxygen atoms in total. The predicted molar refractivity (Wildman–Crippen MR) is 89.1 cm³/mol. The van der Waals surface area contributed by atoms with E-state index in [9.17, 15) is 0 Å². The minimum absolute atomic E-state index is 0.264. The van der Waals surface area contributed by atoms with Gasteiger partial charge in [0, 0.05) is 0 Å². The number of nitrogens with zero attached hydrogens (tertiary/aromatic N) is 1. The first-order valence-corrected chi connectivity index (χ1v) is 18.4. The zero-order valence-corrected chi connectivity index (χ0v) is 16.9. The second kappa shape index (κ2) is 7.59. The van der Waals surface area contributed by atoms with E-state index < -0.39 is 0 Å². The average Bonchev–Trinajstić information content (AvgIpc) is 1.81. The van der Waals surface area contributed by atoms with E-state index in [1.54, 1.807) is 0 Å². The van der Waals surface area contributed by atoms with E-state index in [1.165, 1.54) is 6.54 Å². The van der Waals surface area contributed by atoms with Crippen molar-refractivity contribution < 1.29 is 0 Å². The molecule has 0 rings (SSSR count). The van der Waals surface area contributed by atoms with Crippen molar-refractivity contribution in [1.82, 2.24) is 4.23 Å². The Balaban J connectivity index is 3.90. The molecule has 0 saturated heterocycles. The van der Waals surface area contributed by atoms with Crippen LogP contribution in [0.1, 0.15) is 13.8 Å².